The standard InChI is InChI=1S/C20H22ClN5/c1-12-5-3-8-17(13(12)2)24-20-18(14-6-4-7-16(21)9-14)25-19-15(10-22)11-23-26(19)20/h4,6-7,9,11-13,17,23-24H,3,5,8H2,1-2H3/t12-,13+,17-/m1/s1. The summed E-state index contributed by atoms with van der Waals surface area (Å²) < 4.78 is 1.88. The number of imidazole rings is 1. The lowest BCUT2D eigenvalue weighted by atomic mass is 9.78. The van der Waals surface area contributed by atoms with Crippen LogP contribution >= 0.6 is 11.6 Å². The minimum Gasteiger partial charge on any atom is -0.365 e. The molecular formula is C20H22ClN5. The molecule has 0 bridgehead atoms. The molecule has 2 N–H and O–H groups in total. The quantitative estimate of drug-likeness (QED) is 0.677. The molecule has 0 spiro atoms. The second kappa shape index (κ2) is 6.69. The summed E-state index contributed by atoms with van der Waals surface area (Å²) in [5.41, 5.74) is 2.94. The van der Waals surface area contributed by atoms with E-state index >= 15 is 0 Å². The van der Waals surface area contributed by atoms with Crippen LogP contribution in [0.5, 0.6) is 0 Å². The highest BCUT2D eigenvalue weighted by atomic mass is 35.5. The van der Waals surface area contributed by atoms with Crippen LogP contribution in [-0.4, -0.2) is 20.6 Å². The first kappa shape index (κ1) is 17.0. The molecule has 3 atom stereocenters. The summed E-state index contributed by atoms with van der Waals surface area (Å²) in [6.45, 7) is 4.64. The van der Waals surface area contributed by atoms with Crippen molar-refractivity contribution in [2.24, 2.45) is 11.8 Å². The molecule has 1 fully saturated rings. The molecule has 1 aromatic carbocycles. The molecule has 0 amide bonds. The van der Waals surface area contributed by atoms with Crippen LogP contribution in [0.25, 0.3) is 16.9 Å². The van der Waals surface area contributed by atoms with Crippen molar-refractivity contribution in [1.82, 2.24) is 14.6 Å². The van der Waals surface area contributed by atoms with E-state index < -0.39 is 0 Å². The van der Waals surface area contributed by atoms with Crippen molar-refractivity contribution in [3.8, 4) is 17.3 Å². The highest BCUT2D eigenvalue weighted by molar-refractivity contribution is 6.30. The Labute approximate surface area is 158 Å². The first-order chi connectivity index (χ1) is 12.6. The molecule has 26 heavy (non-hydrogen) atoms. The van der Waals surface area contributed by atoms with Gasteiger partial charge in [-0.15, -0.1) is 0 Å². The van der Waals surface area contributed by atoms with E-state index in [0.29, 0.717) is 34.1 Å². The van der Waals surface area contributed by atoms with E-state index in [-0.39, 0.29) is 0 Å². The second-order valence-electron chi connectivity index (χ2n) is 7.30. The lowest BCUT2D eigenvalue weighted by Gasteiger charge is -2.35. The summed E-state index contributed by atoms with van der Waals surface area (Å²) in [6.07, 6.45) is 5.34. The highest BCUT2D eigenvalue weighted by Crippen LogP contribution is 2.36. The zero-order valence-electron chi connectivity index (χ0n) is 15.0. The Morgan fingerprint density at radius 2 is 2.19 bits per heavy atom. The van der Waals surface area contributed by atoms with Crippen LogP contribution in [0.2, 0.25) is 5.02 Å². The topological polar surface area (TPSA) is 68.9 Å². The first-order valence-electron chi connectivity index (χ1n) is 9.11. The average molecular weight is 368 g/mol. The van der Waals surface area contributed by atoms with Gasteiger partial charge in [0.2, 0.25) is 0 Å². The number of fused-ring (bicyclic) bond motifs is 1. The van der Waals surface area contributed by atoms with E-state index in [1.165, 1.54) is 12.8 Å². The van der Waals surface area contributed by atoms with Gasteiger partial charge >= 0.3 is 0 Å². The van der Waals surface area contributed by atoms with Gasteiger partial charge in [-0.3, -0.25) is 5.10 Å². The van der Waals surface area contributed by atoms with Crippen molar-refractivity contribution in [2.75, 3.05) is 5.32 Å². The number of nitriles is 1. The van der Waals surface area contributed by atoms with Crippen LogP contribution in [-0.2, 0) is 0 Å². The maximum atomic E-state index is 9.37. The van der Waals surface area contributed by atoms with E-state index in [2.05, 4.69) is 30.3 Å². The Balaban J connectivity index is 1.82. The number of rotatable bonds is 3. The molecule has 1 saturated carbocycles. The van der Waals surface area contributed by atoms with Crippen molar-refractivity contribution in [3.05, 3.63) is 41.0 Å². The summed E-state index contributed by atoms with van der Waals surface area (Å²) in [5, 5.41) is 16.9. The third-order valence-electron chi connectivity index (χ3n) is 5.70. The van der Waals surface area contributed by atoms with E-state index in [9.17, 15) is 5.26 Å². The highest BCUT2D eigenvalue weighted by Gasteiger charge is 2.29. The third-order valence-corrected chi connectivity index (χ3v) is 5.94. The molecular weight excluding hydrogens is 346 g/mol. The normalized spacial score (nSPS) is 23.1. The Morgan fingerprint density at radius 1 is 1.35 bits per heavy atom. The van der Waals surface area contributed by atoms with Crippen LogP contribution in [0.3, 0.4) is 0 Å². The fourth-order valence-corrected chi connectivity index (χ4v) is 4.12. The number of nitrogens with zero attached hydrogens (tertiary/aromatic N) is 3. The molecule has 2 heterocycles. The zero-order chi connectivity index (χ0) is 18.3. The number of halogens is 1. The lowest BCUT2D eigenvalue weighted by Crippen LogP contribution is -2.35. The Morgan fingerprint density at radius 3 is 2.96 bits per heavy atom. The predicted molar refractivity (Wildman–Crippen MR) is 104 cm³/mol. The Hall–Kier alpha value is -2.45. The van der Waals surface area contributed by atoms with Gasteiger partial charge in [-0.1, -0.05) is 50.4 Å². The number of anilines is 1. The average Bonchev–Trinajstić information content (AvgIpc) is 3.18. The van der Waals surface area contributed by atoms with Crippen molar-refractivity contribution in [2.45, 2.75) is 39.2 Å². The summed E-state index contributed by atoms with van der Waals surface area (Å²) in [5.74, 6) is 2.17. The number of H-pyrrole nitrogens is 1. The molecule has 134 valence electrons. The van der Waals surface area contributed by atoms with Crippen LogP contribution in [0.4, 0.5) is 5.82 Å². The number of hydrogen-bond donors (Lipinski definition) is 2. The van der Waals surface area contributed by atoms with Gasteiger partial charge in [0.1, 0.15) is 17.3 Å². The molecule has 4 rings (SSSR count). The minimum absolute atomic E-state index is 0.380. The molecule has 0 saturated heterocycles. The van der Waals surface area contributed by atoms with Crippen LogP contribution in [0.15, 0.2) is 30.5 Å². The molecule has 0 aliphatic heterocycles. The Kier molecular flexibility index (Phi) is 4.37. The van der Waals surface area contributed by atoms with E-state index in [1.54, 1.807) is 6.20 Å². The third kappa shape index (κ3) is 2.85. The van der Waals surface area contributed by atoms with Crippen molar-refractivity contribution >= 4 is 23.1 Å². The molecule has 6 heteroatoms. The number of aromatic amines is 1. The maximum absolute atomic E-state index is 9.37. The number of nitrogens with one attached hydrogen (secondary N) is 2. The van der Waals surface area contributed by atoms with Gasteiger partial charge in [0.25, 0.3) is 0 Å². The fourth-order valence-electron chi connectivity index (χ4n) is 3.93. The van der Waals surface area contributed by atoms with Crippen LogP contribution < -0.4 is 5.32 Å². The van der Waals surface area contributed by atoms with Gasteiger partial charge in [0.05, 0.1) is 0 Å². The maximum Gasteiger partial charge on any atom is 0.173 e. The van der Waals surface area contributed by atoms with Gasteiger partial charge < -0.3 is 5.32 Å². The zero-order valence-corrected chi connectivity index (χ0v) is 15.7. The Bertz CT molecular complexity index is 980. The number of benzene rings is 1. The first-order valence-corrected chi connectivity index (χ1v) is 9.48. The van der Waals surface area contributed by atoms with Gasteiger partial charge in [0, 0.05) is 22.8 Å². The molecule has 0 unspecified atom stereocenters. The van der Waals surface area contributed by atoms with Crippen molar-refractivity contribution in [3.63, 3.8) is 0 Å². The lowest BCUT2D eigenvalue weighted by molar-refractivity contribution is 0.252. The molecule has 2 aromatic heterocycles. The summed E-state index contributed by atoms with van der Waals surface area (Å²) in [7, 11) is 0. The van der Waals surface area contributed by atoms with E-state index in [1.807, 2.05) is 28.8 Å². The minimum atomic E-state index is 0.380. The monoisotopic (exact) mass is 367 g/mol. The van der Waals surface area contributed by atoms with Crippen LogP contribution in [0.1, 0.15) is 38.7 Å². The molecule has 3 aromatic rings. The van der Waals surface area contributed by atoms with Crippen molar-refractivity contribution < 1.29 is 0 Å². The number of aromatic nitrogens is 3. The van der Waals surface area contributed by atoms with Gasteiger partial charge in [-0.2, -0.15) is 5.26 Å². The molecule has 5 nitrogen and oxygen atoms in total. The van der Waals surface area contributed by atoms with Crippen molar-refractivity contribution in [1.29, 1.82) is 5.26 Å². The van der Waals surface area contributed by atoms with E-state index in [0.717, 1.165) is 23.5 Å². The van der Waals surface area contributed by atoms with Gasteiger partial charge in [-0.05, 0) is 30.4 Å². The molecule has 1 aliphatic carbocycles. The molecule has 0 radical (unpaired) electrons. The summed E-state index contributed by atoms with van der Waals surface area (Å²) >= 11 is 6.20. The predicted octanol–water partition coefficient (Wildman–Crippen LogP) is 5.09. The summed E-state index contributed by atoms with van der Waals surface area (Å²) in [4.78, 5) is 4.75. The van der Waals surface area contributed by atoms with Gasteiger partial charge in [0.15, 0.2) is 11.5 Å². The second-order valence-corrected chi connectivity index (χ2v) is 7.73. The van der Waals surface area contributed by atoms with Crippen LogP contribution in [0, 0.1) is 23.2 Å². The SMILES string of the molecule is C[C@H]1[C@H](C)CCC[C@H]1Nc1c(-c2cccc(Cl)c2)nc2c(C#N)c[nH]n12. The van der Waals surface area contributed by atoms with E-state index in [4.69, 9.17) is 16.6 Å². The molecule has 1 aliphatic rings. The summed E-state index contributed by atoms with van der Waals surface area (Å²) in [6, 6.07) is 10.3. The smallest absolute Gasteiger partial charge is 0.173 e. The largest absolute Gasteiger partial charge is 0.365 e. The van der Waals surface area contributed by atoms with Gasteiger partial charge in [-0.25, -0.2) is 9.50 Å². The fraction of sp³-hybridized carbons (Fsp3) is 0.400. The number of hydrogen-bond acceptors (Lipinski definition) is 3.